The fraction of sp³-hybridized carbons (Fsp3) is 0.538. The van der Waals surface area contributed by atoms with Crippen molar-refractivity contribution in [1.82, 2.24) is 5.32 Å². The molecule has 1 saturated carbocycles. The van der Waals surface area contributed by atoms with E-state index in [4.69, 9.17) is 5.73 Å². The Labute approximate surface area is 104 Å². The Hall–Kier alpha value is -1.07. The third-order valence-electron chi connectivity index (χ3n) is 3.46. The van der Waals surface area contributed by atoms with Crippen molar-refractivity contribution in [3.05, 3.63) is 35.4 Å². The molecule has 0 radical (unpaired) electrons. The van der Waals surface area contributed by atoms with Crippen LogP contribution in [0.2, 0.25) is 0 Å². The van der Waals surface area contributed by atoms with Crippen molar-refractivity contribution < 1.29 is 13.2 Å². The highest BCUT2D eigenvalue weighted by atomic mass is 19.4. The van der Waals surface area contributed by atoms with Gasteiger partial charge in [-0.2, -0.15) is 13.2 Å². The van der Waals surface area contributed by atoms with Crippen LogP contribution in [0.25, 0.3) is 0 Å². The number of hydrogen-bond donors (Lipinski definition) is 2. The largest absolute Gasteiger partial charge is 0.406 e. The first-order chi connectivity index (χ1) is 8.34. The molecule has 0 aliphatic heterocycles. The zero-order valence-electron chi connectivity index (χ0n) is 10.2. The first-order valence-electron chi connectivity index (χ1n) is 5.98. The van der Waals surface area contributed by atoms with Gasteiger partial charge in [-0.1, -0.05) is 29.8 Å². The molecule has 0 aromatic heterocycles. The summed E-state index contributed by atoms with van der Waals surface area (Å²) in [5.74, 6) is 0. The number of halogens is 3. The Kier molecular flexibility index (Phi) is 3.38. The quantitative estimate of drug-likeness (QED) is 0.871. The minimum Gasteiger partial charge on any atom is -0.323 e. The molecule has 1 atom stereocenters. The molecule has 5 heteroatoms. The maximum Gasteiger partial charge on any atom is 0.406 e. The number of nitrogens with one attached hydrogen (secondary N) is 1. The van der Waals surface area contributed by atoms with Gasteiger partial charge in [-0.3, -0.25) is 0 Å². The van der Waals surface area contributed by atoms with Crippen molar-refractivity contribution in [3.8, 4) is 0 Å². The van der Waals surface area contributed by atoms with Crippen molar-refractivity contribution in [1.29, 1.82) is 0 Å². The van der Waals surface area contributed by atoms with E-state index in [1.54, 1.807) is 0 Å². The molecule has 100 valence electrons. The van der Waals surface area contributed by atoms with Crippen LogP contribution in [0.3, 0.4) is 0 Å². The maximum absolute atomic E-state index is 12.7. The summed E-state index contributed by atoms with van der Waals surface area (Å²) in [6.45, 7) is 2.10. The van der Waals surface area contributed by atoms with E-state index in [1.807, 2.05) is 31.2 Å². The second-order valence-electron chi connectivity index (χ2n) is 4.98. The third kappa shape index (κ3) is 2.67. The lowest BCUT2D eigenvalue weighted by Gasteiger charge is -2.23. The van der Waals surface area contributed by atoms with Crippen molar-refractivity contribution in [2.45, 2.75) is 37.5 Å². The van der Waals surface area contributed by atoms with Crippen molar-refractivity contribution in [2.24, 2.45) is 5.73 Å². The smallest absolute Gasteiger partial charge is 0.323 e. The molecular weight excluding hydrogens is 241 g/mol. The van der Waals surface area contributed by atoms with Crippen LogP contribution in [0, 0.1) is 6.92 Å². The average molecular weight is 258 g/mol. The van der Waals surface area contributed by atoms with Gasteiger partial charge in [0, 0.05) is 12.6 Å². The zero-order chi connectivity index (χ0) is 13.4. The van der Waals surface area contributed by atoms with Crippen LogP contribution in [0.15, 0.2) is 24.3 Å². The van der Waals surface area contributed by atoms with E-state index in [0.29, 0.717) is 0 Å². The number of benzene rings is 1. The molecule has 1 aromatic carbocycles. The van der Waals surface area contributed by atoms with E-state index in [2.05, 4.69) is 5.32 Å². The van der Waals surface area contributed by atoms with Crippen LogP contribution in [0.1, 0.15) is 30.0 Å². The third-order valence-corrected chi connectivity index (χ3v) is 3.46. The summed E-state index contributed by atoms with van der Waals surface area (Å²) in [5, 5.41) is 2.57. The second-order valence-corrected chi connectivity index (χ2v) is 4.98. The molecule has 1 fully saturated rings. The molecule has 1 aliphatic carbocycles. The Morgan fingerprint density at radius 2 is 1.83 bits per heavy atom. The van der Waals surface area contributed by atoms with E-state index < -0.39 is 17.8 Å². The predicted molar refractivity (Wildman–Crippen MR) is 64.1 cm³/mol. The summed E-state index contributed by atoms with van der Waals surface area (Å²) in [5.41, 5.74) is 6.17. The topological polar surface area (TPSA) is 38.0 Å². The molecule has 2 rings (SSSR count). The molecule has 1 unspecified atom stereocenters. The van der Waals surface area contributed by atoms with Gasteiger partial charge < -0.3 is 11.1 Å². The van der Waals surface area contributed by atoms with E-state index in [9.17, 15) is 13.2 Å². The number of nitrogens with two attached hydrogens (primary N) is 1. The fourth-order valence-corrected chi connectivity index (χ4v) is 1.92. The van der Waals surface area contributed by atoms with Gasteiger partial charge in [-0.15, -0.1) is 0 Å². The van der Waals surface area contributed by atoms with Gasteiger partial charge in [0.15, 0.2) is 0 Å². The molecule has 0 bridgehead atoms. The number of rotatable bonds is 4. The lowest BCUT2D eigenvalue weighted by Crippen LogP contribution is -2.47. The molecule has 18 heavy (non-hydrogen) atoms. The van der Waals surface area contributed by atoms with E-state index in [1.165, 1.54) is 0 Å². The van der Waals surface area contributed by atoms with Crippen LogP contribution in [-0.4, -0.2) is 18.3 Å². The molecule has 3 N–H and O–H groups in total. The SMILES string of the molecule is Cc1ccc(C(N)CNC2(C(F)(F)F)CC2)cc1. The van der Waals surface area contributed by atoms with Crippen LogP contribution >= 0.6 is 0 Å². The first-order valence-corrected chi connectivity index (χ1v) is 5.98. The van der Waals surface area contributed by atoms with E-state index >= 15 is 0 Å². The van der Waals surface area contributed by atoms with Gasteiger partial charge in [0.05, 0.1) is 0 Å². The van der Waals surface area contributed by atoms with Crippen molar-refractivity contribution in [2.75, 3.05) is 6.54 Å². The van der Waals surface area contributed by atoms with Crippen LogP contribution < -0.4 is 11.1 Å². The molecule has 0 amide bonds. The van der Waals surface area contributed by atoms with Crippen LogP contribution in [-0.2, 0) is 0 Å². The fourth-order valence-electron chi connectivity index (χ4n) is 1.92. The molecule has 2 nitrogen and oxygen atoms in total. The van der Waals surface area contributed by atoms with E-state index in [0.717, 1.165) is 11.1 Å². The molecule has 0 heterocycles. The second kappa shape index (κ2) is 4.55. The Morgan fingerprint density at radius 3 is 2.28 bits per heavy atom. The summed E-state index contributed by atoms with van der Waals surface area (Å²) in [7, 11) is 0. The molecule has 0 saturated heterocycles. The lowest BCUT2D eigenvalue weighted by atomic mass is 10.1. The monoisotopic (exact) mass is 258 g/mol. The Bertz CT molecular complexity index is 407. The molecule has 1 aliphatic rings. The lowest BCUT2D eigenvalue weighted by molar-refractivity contribution is -0.165. The predicted octanol–water partition coefficient (Wildman–Crippen LogP) is 2.68. The van der Waals surface area contributed by atoms with Gasteiger partial charge in [-0.25, -0.2) is 0 Å². The summed E-state index contributed by atoms with van der Waals surface area (Å²) in [6.07, 6.45) is -3.88. The van der Waals surface area contributed by atoms with Gasteiger partial charge in [-0.05, 0) is 25.3 Å². The highest BCUT2D eigenvalue weighted by molar-refractivity contribution is 5.24. The number of alkyl halides is 3. The van der Waals surface area contributed by atoms with Crippen molar-refractivity contribution >= 4 is 0 Å². The van der Waals surface area contributed by atoms with Gasteiger partial charge in [0.1, 0.15) is 5.54 Å². The Balaban J connectivity index is 1.93. The van der Waals surface area contributed by atoms with E-state index in [-0.39, 0.29) is 19.4 Å². The van der Waals surface area contributed by atoms with Crippen molar-refractivity contribution in [3.63, 3.8) is 0 Å². The molecular formula is C13H17F3N2. The first kappa shape index (κ1) is 13.4. The highest BCUT2D eigenvalue weighted by Gasteiger charge is 2.63. The van der Waals surface area contributed by atoms with Crippen LogP contribution in [0.4, 0.5) is 13.2 Å². The highest BCUT2D eigenvalue weighted by Crippen LogP contribution is 2.48. The molecule has 1 aromatic rings. The maximum atomic E-state index is 12.7. The standard InChI is InChI=1S/C13H17F3N2/c1-9-2-4-10(5-3-9)11(17)8-18-12(6-7-12)13(14,15)16/h2-5,11,18H,6-8,17H2,1H3. The minimum atomic E-state index is -4.18. The summed E-state index contributed by atoms with van der Waals surface area (Å²) >= 11 is 0. The number of aryl methyl sites for hydroxylation is 1. The number of hydrogen-bond acceptors (Lipinski definition) is 2. The minimum absolute atomic E-state index is 0.141. The van der Waals surface area contributed by atoms with Gasteiger partial charge >= 0.3 is 6.18 Å². The normalized spacial score (nSPS) is 19.6. The average Bonchev–Trinajstić information content (AvgIpc) is 3.07. The molecule has 0 spiro atoms. The van der Waals surface area contributed by atoms with Gasteiger partial charge in [0.25, 0.3) is 0 Å². The van der Waals surface area contributed by atoms with Crippen LogP contribution in [0.5, 0.6) is 0 Å². The summed E-state index contributed by atoms with van der Waals surface area (Å²) in [4.78, 5) is 0. The zero-order valence-corrected chi connectivity index (χ0v) is 10.2. The summed E-state index contributed by atoms with van der Waals surface area (Å²) < 4.78 is 38.1. The summed E-state index contributed by atoms with van der Waals surface area (Å²) in [6, 6.07) is 7.12. The Morgan fingerprint density at radius 1 is 1.28 bits per heavy atom. The van der Waals surface area contributed by atoms with Gasteiger partial charge in [0.2, 0.25) is 0 Å².